The molecule has 0 aliphatic heterocycles. The van der Waals surface area contributed by atoms with Gasteiger partial charge in [-0.05, 0) is 24.3 Å². The van der Waals surface area contributed by atoms with E-state index in [4.69, 9.17) is 9.84 Å². The van der Waals surface area contributed by atoms with E-state index < -0.39 is 18.8 Å². The van der Waals surface area contributed by atoms with Crippen molar-refractivity contribution in [2.45, 2.75) is 6.18 Å². The molecule has 1 aromatic carbocycles. The van der Waals surface area contributed by atoms with Gasteiger partial charge in [0, 0.05) is 16.1 Å². The molecule has 0 bridgehead atoms. The lowest BCUT2D eigenvalue weighted by atomic mass is 10.2. The molecule has 116 valence electrons. The number of carboxylic acids is 1. The summed E-state index contributed by atoms with van der Waals surface area (Å²) in [5.41, 5.74) is 0.489. The minimum Gasteiger partial charge on any atom is -0.491 e. The van der Waals surface area contributed by atoms with Crippen molar-refractivity contribution in [2.75, 3.05) is 19.8 Å². The first kappa shape index (κ1) is 17.5. The monoisotopic (exact) mass is 368 g/mol. The second kappa shape index (κ2) is 8.04. The van der Waals surface area contributed by atoms with E-state index >= 15 is 0 Å². The smallest absolute Gasteiger partial charge is 0.411 e. The van der Waals surface area contributed by atoms with Crippen LogP contribution in [0.15, 0.2) is 28.7 Å². The second-order valence-electron chi connectivity index (χ2n) is 3.87. The molecule has 1 rings (SSSR count). The fourth-order valence-electron chi connectivity index (χ4n) is 1.34. The molecule has 0 saturated carbocycles. The highest BCUT2D eigenvalue weighted by molar-refractivity contribution is 9.10. The van der Waals surface area contributed by atoms with Gasteiger partial charge in [0.1, 0.15) is 19.0 Å². The molecule has 0 saturated heterocycles. The lowest BCUT2D eigenvalue weighted by Crippen LogP contribution is -2.19. The molecular formula is C13H12BrF3O4. The summed E-state index contributed by atoms with van der Waals surface area (Å²) in [6, 6.07) is 4.88. The Morgan fingerprint density at radius 2 is 2.05 bits per heavy atom. The number of hydrogen-bond donors (Lipinski definition) is 1. The molecule has 0 aliphatic rings. The van der Waals surface area contributed by atoms with Gasteiger partial charge in [0.2, 0.25) is 0 Å². The van der Waals surface area contributed by atoms with Crippen molar-refractivity contribution in [1.29, 1.82) is 0 Å². The molecule has 1 aromatic rings. The maximum atomic E-state index is 11.9. The van der Waals surface area contributed by atoms with Gasteiger partial charge in [0.15, 0.2) is 0 Å². The van der Waals surface area contributed by atoms with Gasteiger partial charge in [-0.25, -0.2) is 4.79 Å². The topological polar surface area (TPSA) is 55.8 Å². The Kier molecular flexibility index (Phi) is 6.70. The number of benzene rings is 1. The van der Waals surface area contributed by atoms with Gasteiger partial charge in [-0.1, -0.05) is 15.9 Å². The summed E-state index contributed by atoms with van der Waals surface area (Å²) in [5, 5.41) is 8.59. The lowest BCUT2D eigenvalue weighted by molar-refractivity contribution is -0.175. The summed E-state index contributed by atoms with van der Waals surface area (Å²) in [4.78, 5) is 10.5. The highest BCUT2D eigenvalue weighted by atomic mass is 79.9. The summed E-state index contributed by atoms with van der Waals surface area (Å²) in [7, 11) is 0. The van der Waals surface area contributed by atoms with Crippen LogP contribution in [0.3, 0.4) is 0 Å². The van der Waals surface area contributed by atoms with Gasteiger partial charge in [0.05, 0.1) is 6.61 Å². The number of alkyl halides is 3. The van der Waals surface area contributed by atoms with Gasteiger partial charge < -0.3 is 14.6 Å². The van der Waals surface area contributed by atoms with E-state index in [-0.39, 0.29) is 13.2 Å². The van der Waals surface area contributed by atoms with E-state index in [2.05, 4.69) is 20.7 Å². The van der Waals surface area contributed by atoms with E-state index in [0.717, 1.165) is 6.08 Å². The van der Waals surface area contributed by atoms with Crippen molar-refractivity contribution < 1.29 is 32.5 Å². The summed E-state index contributed by atoms with van der Waals surface area (Å²) < 4.78 is 46.0. The zero-order valence-electron chi connectivity index (χ0n) is 10.7. The normalized spacial score (nSPS) is 11.8. The first-order valence-electron chi connectivity index (χ1n) is 5.76. The van der Waals surface area contributed by atoms with Gasteiger partial charge in [0.25, 0.3) is 0 Å². The largest absolute Gasteiger partial charge is 0.491 e. The Hall–Kier alpha value is -1.54. The lowest BCUT2D eigenvalue weighted by Gasteiger charge is -2.11. The van der Waals surface area contributed by atoms with Crippen molar-refractivity contribution in [3.63, 3.8) is 0 Å². The van der Waals surface area contributed by atoms with Crippen molar-refractivity contribution in [2.24, 2.45) is 0 Å². The number of ether oxygens (including phenoxy) is 2. The predicted molar refractivity (Wildman–Crippen MR) is 73.2 cm³/mol. The van der Waals surface area contributed by atoms with Crippen LogP contribution in [-0.2, 0) is 9.53 Å². The molecule has 0 amide bonds. The quantitative estimate of drug-likeness (QED) is 0.591. The maximum absolute atomic E-state index is 11.9. The molecular weight excluding hydrogens is 357 g/mol. The Labute approximate surface area is 127 Å². The molecule has 0 aromatic heterocycles. The SMILES string of the molecule is O=C(O)C=Cc1cc(Br)ccc1OCCOCC(F)(F)F. The molecule has 0 spiro atoms. The first-order valence-corrected chi connectivity index (χ1v) is 6.55. The fourth-order valence-corrected chi connectivity index (χ4v) is 1.72. The summed E-state index contributed by atoms with van der Waals surface area (Å²) in [6.07, 6.45) is -2.10. The van der Waals surface area contributed by atoms with Crippen LogP contribution in [-0.4, -0.2) is 37.1 Å². The maximum Gasteiger partial charge on any atom is 0.411 e. The number of halogens is 4. The Morgan fingerprint density at radius 3 is 2.67 bits per heavy atom. The van der Waals surface area contributed by atoms with E-state index in [9.17, 15) is 18.0 Å². The zero-order valence-corrected chi connectivity index (χ0v) is 12.3. The molecule has 0 fully saturated rings. The van der Waals surface area contributed by atoms with Crippen LogP contribution in [0.4, 0.5) is 13.2 Å². The number of carboxylic acid groups (broad SMARTS) is 1. The van der Waals surface area contributed by atoms with Crippen LogP contribution < -0.4 is 4.74 Å². The summed E-state index contributed by atoms with van der Waals surface area (Å²) >= 11 is 3.23. The summed E-state index contributed by atoms with van der Waals surface area (Å²) in [6.45, 7) is -1.63. The zero-order chi connectivity index (χ0) is 15.9. The molecule has 4 nitrogen and oxygen atoms in total. The van der Waals surface area contributed by atoms with Gasteiger partial charge in [-0.15, -0.1) is 0 Å². The highest BCUT2D eigenvalue weighted by Crippen LogP contribution is 2.24. The third-order valence-corrected chi connectivity index (χ3v) is 2.62. The number of hydrogen-bond acceptors (Lipinski definition) is 3. The molecule has 8 heteroatoms. The standard InChI is InChI=1S/C13H12BrF3O4/c14-10-2-3-11(9(7-10)1-4-12(18)19)21-6-5-20-8-13(15,16)17/h1-4,7H,5-6,8H2,(H,18,19). The van der Waals surface area contributed by atoms with Crippen molar-refractivity contribution in [3.05, 3.63) is 34.3 Å². The summed E-state index contributed by atoms with van der Waals surface area (Å²) in [5.74, 6) is -0.763. The molecule has 0 aliphatic carbocycles. The van der Waals surface area contributed by atoms with Gasteiger partial charge in [-0.3, -0.25) is 0 Å². The number of carbonyl (C=O) groups is 1. The highest BCUT2D eigenvalue weighted by Gasteiger charge is 2.27. The van der Waals surface area contributed by atoms with Crippen LogP contribution in [0.5, 0.6) is 5.75 Å². The third-order valence-electron chi connectivity index (χ3n) is 2.13. The fraction of sp³-hybridized carbons (Fsp3) is 0.308. The van der Waals surface area contributed by atoms with Crippen molar-refractivity contribution in [1.82, 2.24) is 0 Å². The van der Waals surface area contributed by atoms with Gasteiger partial charge in [-0.2, -0.15) is 13.2 Å². The minimum absolute atomic E-state index is 0.0778. The average molecular weight is 369 g/mol. The van der Waals surface area contributed by atoms with Crippen LogP contribution in [0.25, 0.3) is 6.08 Å². The van der Waals surface area contributed by atoms with E-state index in [1.807, 2.05) is 0 Å². The van der Waals surface area contributed by atoms with Crippen molar-refractivity contribution >= 4 is 28.0 Å². The third kappa shape index (κ3) is 7.72. The number of rotatable bonds is 7. The van der Waals surface area contributed by atoms with E-state index in [0.29, 0.717) is 15.8 Å². The molecule has 0 radical (unpaired) electrons. The predicted octanol–water partition coefficient (Wildman–Crippen LogP) is 3.50. The van der Waals surface area contributed by atoms with E-state index in [1.165, 1.54) is 6.08 Å². The Morgan fingerprint density at radius 1 is 1.33 bits per heavy atom. The molecule has 0 atom stereocenters. The van der Waals surface area contributed by atoms with Crippen molar-refractivity contribution in [3.8, 4) is 5.75 Å². The second-order valence-corrected chi connectivity index (χ2v) is 4.79. The number of aliphatic carboxylic acids is 1. The average Bonchev–Trinajstić information content (AvgIpc) is 2.36. The Balaban J connectivity index is 2.56. The molecule has 21 heavy (non-hydrogen) atoms. The Bertz CT molecular complexity index is 515. The van der Waals surface area contributed by atoms with Crippen LogP contribution in [0.2, 0.25) is 0 Å². The molecule has 0 unspecified atom stereocenters. The van der Waals surface area contributed by atoms with Crippen LogP contribution in [0, 0.1) is 0 Å². The molecule has 0 heterocycles. The minimum atomic E-state index is -4.37. The first-order chi connectivity index (χ1) is 9.78. The van der Waals surface area contributed by atoms with Crippen LogP contribution in [0.1, 0.15) is 5.56 Å². The van der Waals surface area contributed by atoms with Gasteiger partial charge >= 0.3 is 12.1 Å². The van der Waals surface area contributed by atoms with Crippen LogP contribution >= 0.6 is 15.9 Å². The van der Waals surface area contributed by atoms with E-state index in [1.54, 1.807) is 18.2 Å². The molecule has 1 N–H and O–H groups in total.